The molecule has 2 aromatic heterocycles. The molecule has 0 fully saturated rings. The van der Waals surface area contributed by atoms with Crippen LogP contribution < -0.4 is 0 Å². The van der Waals surface area contributed by atoms with Crippen LogP contribution in [-0.4, -0.2) is 19.9 Å². The highest BCUT2D eigenvalue weighted by Gasteiger charge is 2.06. The largest absolute Gasteiger partial charge is 0.345 e. The van der Waals surface area contributed by atoms with E-state index in [1.807, 2.05) is 31.2 Å². The maximum absolute atomic E-state index is 8.74. The third-order valence-electron chi connectivity index (χ3n) is 2.85. The van der Waals surface area contributed by atoms with Crippen LogP contribution in [0.25, 0.3) is 22.3 Å². The summed E-state index contributed by atoms with van der Waals surface area (Å²) >= 11 is 0. The van der Waals surface area contributed by atoms with Gasteiger partial charge in [0.2, 0.25) is 0 Å². The van der Waals surface area contributed by atoms with Gasteiger partial charge in [0.1, 0.15) is 5.82 Å². The molecule has 0 radical (unpaired) electrons. The zero-order valence-corrected chi connectivity index (χ0v) is 10.4. The molecule has 92 valence electrons. The molecular weight excluding hydrogens is 238 g/mol. The number of hydrogen-bond acceptors (Lipinski definition) is 4. The van der Waals surface area contributed by atoms with Gasteiger partial charge in [-0.25, -0.2) is 15.0 Å². The Bertz CT molecular complexity index is 782. The molecule has 0 aliphatic heterocycles. The van der Waals surface area contributed by atoms with Crippen molar-refractivity contribution < 1.29 is 0 Å². The average Bonchev–Trinajstić information content (AvgIpc) is 2.85. The number of nitriles is 1. The van der Waals surface area contributed by atoms with Gasteiger partial charge in [-0.3, -0.25) is 0 Å². The lowest BCUT2D eigenvalue weighted by Crippen LogP contribution is -1.98. The molecule has 0 amide bonds. The van der Waals surface area contributed by atoms with Gasteiger partial charge in [-0.1, -0.05) is 6.07 Å². The van der Waals surface area contributed by atoms with Gasteiger partial charge in [-0.2, -0.15) is 5.26 Å². The van der Waals surface area contributed by atoms with E-state index >= 15 is 0 Å². The summed E-state index contributed by atoms with van der Waals surface area (Å²) in [6.45, 7) is 1.90. The van der Waals surface area contributed by atoms with Crippen molar-refractivity contribution in [2.24, 2.45) is 0 Å². The first kappa shape index (κ1) is 11.4. The van der Waals surface area contributed by atoms with Gasteiger partial charge in [0.15, 0.2) is 0 Å². The fraction of sp³-hybridized carbons (Fsp3) is 0.143. The molecule has 0 aliphatic carbocycles. The number of hydrogen-bond donors (Lipinski definition) is 1. The van der Waals surface area contributed by atoms with Crippen LogP contribution >= 0.6 is 0 Å². The number of H-pyrrole nitrogens is 1. The zero-order chi connectivity index (χ0) is 13.2. The Morgan fingerprint density at radius 3 is 3.00 bits per heavy atom. The van der Waals surface area contributed by atoms with Gasteiger partial charge in [-0.05, 0) is 25.1 Å². The van der Waals surface area contributed by atoms with E-state index in [1.54, 1.807) is 6.33 Å². The number of imidazole rings is 1. The van der Waals surface area contributed by atoms with Crippen LogP contribution in [0.4, 0.5) is 0 Å². The molecule has 3 rings (SSSR count). The maximum Gasteiger partial charge on any atom is 0.143 e. The van der Waals surface area contributed by atoms with Crippen molar-refractivity contribution in [3.63, 3.8) is 0 Å². The SMILES string of the molecule is Cc1cc(-c2ccc3nc[nH]c3c2)nc(CC#N)n1. The monoisotopic (exact) mass is 249 g/mol. The lowest BCUT2D eigenvalue weighted by molar-refractivity contribution is 0.969. The quantitative estimate of drug-likeness (QED) is 0.756. The Labute approximate surface area is 110 Å². The second kappa shape index (κ2) is 4.50. The van der Waals surface area contributed by atoms with Crippen molar-refractivity contribution in [3.05, 3.63) is 42.1 Å². The van der Waals surface area contributed by atoms with E-state index in [0.717, 1.165) is 28.0 Å². The third-order valence-corrected chi connectivity index (χ3v) is 2.85. The first-order valence-corrected chi connectivity index (χ1v) is 5.91. The fourth-order valence-corrected chi connectivity index (χ4v) is 2.02. The summed E-state index contributed by atoms with van der Waals surface area (Å²) in [6, 6.07) is 9.91. The van der Waals surface area contributed by atoms with E-state index in [4.69, 9.17) is 5.26 Å². The first-order valence-electron chi connectivity index (χ1n) is 5.91. The van der Waals surface area contributed by atoms with Crippen molar-refractivity contribution in [3.8, 4) is 17.3 Å². The van der Waals surface area contributed by atoms with Gasteiger partial charge >= 0.3 is 0 Å². The Kier molecular flexibility index (Phi) is 2.69. The van der Waals surface area contributed by atoms with E-state index in [0.29, 0.717) is 5.82 Å². The minimum Gasteiger partial charge on any atom is -0.345 e. The Hall–Kier alpha value is -2.74. The fourth-order valence-electron chi connectivity index (χ4n) is 2.02. The molecule has 2 heterocycles. The summed E-state index contributed by atoms with van der Waals surface area (Å²) < 4.78 is 0. The molecule has 1 aromatic carbocycles. The molecule has 3 aromatic rings. The number of nitrogens with one attached hydrogen (secondary N) is 1. The first-order chi connectivity index (χ1) is 9.26. The number of rotatable bonds is 2. The molecule has 1 N–H and O–H groups in total. The van der Waals surface area contributed by atoms with Crippen LogP contribution in [0, 0.1) is 18.3 Å². The zero-order valence-electron chi connectivity index (χ0n) is 10.4. The highest BCUT2D eigenvalue weighted by atomic mass is 14.9. The van der Waals surface area contributed by atoms with Crippen LogP contribution in [0.3, 0.4) is 0 Å². The van der Waals surface area contributed by atoms with Crippen molar-refractivity contribution in [2.45, 2.75) is 13.3 Å². The van der Waals surface area contributed by atoms with Crippen LogP contribution in [0.15, 0.2) is 30.6 Å². The maximum atomic E-state index is 8.74. The molecular formula is C14H11N5. The molecule has 0 unspecified atom stereocenters. The molecule has 0 atom stereocenters. The number of aromatic nitrogens is 4. The van der Waals surface area contributed by atoms with Gasteiger partial charge in [0.05, 0.1) is 35.5 Å². The van der Waals surface area contributed by atoms with Crippen LogP contribution in [-0.2, 0) is 6.42 Å². The predicted molar refractivity (Wildman–Crippen MR) is 71.2 cm³/mol. The summed E-state index contributed by atoms with van der Waals surface area (Å²) in [4.78, 5) is 15.9. The Balaban J connectivity index is 2.12. The second-order valence-corrected chi connectivity index (χ2v) is 4.28. The van der Waals surface area contributed by atoms with Crippen molar-refractivity contribution in [1.82, 2.24) is 19.9 Å². The van der Waals surface area contributed by atoms with Crippen molar-refractivity contribution in [2.75, 3.05) is 0 Å². The van der Waals surface area contributed by atoms with E-state index < -0.39 is 0 Å². The number of aromatic amines is 1. The smallest absolute Gasteiger partial charge is 0.143 e. The summed E-state index contributed by atoms with van der Waals surface area (Å²) in [7, 11) is 0. The third kappa shape index (κ3) is 2.16. The van der Waals surface area contributed by atoms with Gasteiger partial charge < -0.3 is 4.98 Å². The normalized spacial score (nSPS) is 10.5. The van der Waals surface area contributed by atoms with Gasteiger partial charge in [0, 0.05) is 11.3 Å². The highest BCUT2D eigenvalue weighted by Crippen LogP contribution is 2.21. The number of aryl methyl sites for hydroxylation is 1. The summed E-state index contributed by atoms with van der Waals surface area (Å²) in [5.74, 6) is 0.558. The summed E-state index contributed by atoms with van der Waals surface area (Å²) in [5.41, 5.74) is 4.57. The topological polar surface area (TPSA) is 78.2 Å². The van der Waals surface area contributed by atoms with E-state index in [2.05, 4.69) is 26.0 Å². The van der Waals surface area contributed by atoms with E-state index in [9.17, 15) is 0 Å². The van der Waals surface area contributed by atoms with Crippen molar-refractivity contribution in [1.29, 1.82) is 5.26 Å². The molecule has 5 nitrogen and oxygen atoms in total. The minimum absolute atomic E-state index is 0.223. The van der Waals surface area contributed by atoms with Gasteiger partial charge in [0.25, 0.3) is 0 Å². The number of fused-ring (bicyclic) bond motifs is 1. The molecule has 0 spiro atoms. The summed E-state index contributed by atoms with van der Waals surface area (Å²) in [6.07, 6.45) is 1.89. The molecule has 0 aliphatic rings. The average molecular weight is 249 g/mol. The Morgan fingerprint density at radius 2 is 2.16 bits per heavy atom. The lowest BCUT2D eigenvalue weighted by atomic mass is 10.1. The molecule has 5 heteroatoms. The predicted octanol–water partition coefficient (Wildman–Crippen LogP) is 2.39. The van der Waals surface area contributed by atoms with Crippen LogP contribution in [0.1, 0.15) is 11.5 Å². The molecule has 0 saturated heterocycles. The molecule has 0 bridgehead atoms. The number of nitrogens with zero attached hydrogens (tertiary/aromatic N) is 4. The highest BCUT2D eigenvalue weighted by molar-refractivity contribution is 5.80. The standard InChI is InChI=1S/C14H11N5/c1-9-6-12(19-14(18-9)4-5-15)10-2-3-11-13(7-10)17-8-16-11/h2-3,6-8H,4H2,1H3,(H,16,17). The second-order valence-electron chi connectivity index (χ2n) is 4.28. The minimum atomic E-state index is 0.223. The van der Waals surface area contributed by atoms with Crippen LogP contribution in [0.2, 0.25) is 0 Å². The summed E-state index contributed by atoms with van der Waals surface area (Å²) in [5, 5.41) is 8.74. The van der Waals surface area contributed by atoms with E-state index in [1.165, 1.54) is 0 Å². The molecule has 19 heavy (non-hydrogen) atoms. The number of benzene rings is 1. The lowest BCUT2D eigenvalue weighted by Gasteiger charge is -2.04. The van der Waals surface area contributed by atoms with Crippen molar-refractivity contribution >= 4 is 11.0 Å². The van der Waals surface area contributed by atoms with E-state index in [-0.39, 0.29) is 6.42 Å². The molecule has 0 saturated carbocycles. The van der Waals surface area contributed by atoms with Gasteiger partial charge in [-0.15, -0.1) is 0 Å². The van der Waals surface area contributed by atoms with Crippen LogP contribution in [0.5, 0.6) is 0 Å². The Morgan fingerprint density at radius 1 is 1.26 bits per heavy atom.